The molecule has 0 fully saturated rings. The van der Waals surface area contributed by atoms with Gasteiger partial charge in [0.1, 0.15) is 5.75 Å². The molecule has 1 aromatic heterocycles. The molecule has 7 heteroatoms. The highest BCUT2D eigenvalue weighted by atomic mass is 16.5. The summed E-state index contributed by atoms with van der Waals surface area (Å²) in [6.45, 7) is 0.0350. The molecule has 23 heavy (non-hydrogen) atoms. The maximum absolute atomic E-state index is 12.1. The first-order valence-corrected chi connectivity index (χ1v) is 6.96. The number of carbonyl (C=O) groups excluding carboxylic acids is 1. The second-order valence-corrected chi connectivity index (χ2v) is 4.96. The summed E-state index contributed by atoms with van der Waals surface area (Å²) in [7, 11) is 1.59. The van der Waals surface area contributed by atoms with Gasteiger partial charge >= 0.3 is 5.97 Å². The summed E-state index contributed by atoms with van der Waals surface area (Å²) in [5, 5.41) is 17.2. The molecule has 0 aliphatic carbocycles. The Kier molecular flexibility index (Phi) is 3.84. The Labute approximate surface area is 130 Å². The van der Waals surface area contributed by atoms with E-state index in [0.29, 0.717) is 11.0 Å². The Balaban J connectivity index is 1.96. The third-order valence-corrected chi connectivity index (χ3v) is 3.50. The molecule has 3 rings (SSSR count). The molecule has 0 aliphatic heterocycles. The SMILES string of the molecule is COc1ccc2c(ccc3c(C(=O)NCCC(=O)O)noc32)c1. The average Bonchev–Trinajstić information content (AvgIpc) is 2.98. The fourth-order valence-corrected chi connectivity index (χ4v) is 2.36. The molecular weight excluding hydrogens is 300 g/mol. The standard InChI is InChI=1S/C16H14N2O5/c1-22-10-3-5-11-9(8-10)2-4-12-14(18-23-15(11)12)16(21)17-7-6-13(19)20/h2-5,8H,6-7H2,1H3,(H,17,21)(H,19,20). The van der Waals surface area contributed by atoms with Gasteiger partial charge in [0.2, 0.25) is 0 Å². The van der Waals surface area contributed by atoms with Gasteiger partial charge in [-0.3, -0.25) is 9.59 Å². The van der Waals surface area contributed by atoms with Crippen molar-refractivity contribution in [3.63, 3.8) is 0 Å². The zero-order valence-corrected chi connectivity index (χ0v) is 12.3. The Morgan fingerprint density at radius 1 is 1.26 bits per heavy atom. The zero-order valence-electron chi connectivity index (χ0n) is 12.3. The van der Waals surface area contributed by atoms with Crippen LogP contribution in [0.5, 0.6) is 5.75 Å². The van der Waals surface area contributed by atoms with Gasteiger partial charge in [0.25, 0.3) is 5.91 Å². The summed E-state index contributed by atoms with van der Waals surface area (Å²) in [4.78, 5) is 22.6. The molecule has 2 N–H and O–H groups in total. The molecule has 0 atom stereocenters. The number of carboxylic acids is 1. The van der Waals surface area contributed by atoms with Crippen LogP contribution >= 0.6 is 0 Å². The van der Waals surface area contributed by atoms with Crippen molar-refractivity contribution in [2.45, 2.75) is 6.42 Å². The molecule has 0 spiro atoms. The van der Waals surface area contributed by atoms with Crippen molar-refractivity contribution in [1.82, 2.24) is 10.5 Å². The highest BCUT2D eigenvalue weighted by molar-refractivity contribution is 6.12. The summed E-state index contributed by atoms with van der Waals surface area (Å²) in [6.07, 6.45) is -0.149. The van der Waals surface area contributed by atoms with Crippen LogP contribution in [0.3, 0.4) is 0 Å². The number of fused-ring (bicyclic) bond motifs is 3. The molecule has 0 saturated heterocycles. The van der Waals surface area contributed by atoms with E-state index in [9.17, 15) is 9.59 Å². The highest BCUT2D eigenvalue weighted by Gasteiger charge is 2.17. The van der Waals surface area contributed by atoms with Crippen molar-refractivity contribution in [1.29, 1.82) is 0 Å². The Morgan fingerprint density at radius 3 is 2.78 bits per heavy atom. The lowest BCUT2D eigenvalue weighted by atomic mass is 10.1. The number of ether oxygens (including phenoxy) is 1. The van der Waals surface area contributed by atoms with Gasteiger partial charge in [-0.2, -0.15) is 0 Å². The number of hydrogen-bond donors (Lipinski definition) is 2. The monoisotopic (exact) mass is 314 g/mol. The Morgan fingerprint density at radius 2 is 2.04 bits per heavy atom. The van der Waals surface area contributed by atoms with Crippen LogP contribution in [0.15, 0.2) is 34.9 Å². The summed E-state index contributed by atoms with van der Waals surface area (Å²) in [5.74, 6) is -0.712. The van der Waals surface area contributed by atoms with E-state index in [-0.39, 0.29) is 18.7 Å². The number of benzene rings is 2. The molecule has 1 amide bonds. The van der Waals surface area contributed by atoms with Crippen molar-refractivity contribution in [3.05, 3.63) is 36.0 Å². The second-order valence-electron chi connectivity index (χ2n) is 4.96. The lowest BCUT2D eigenvalue weighted by molar-refractivity contribution is -0.136. The number of nitrogens with one attached hydrogen (secondary N) is 1. The predicted octanol–water partition coefficient (Wildman–Crippen LogP) is 2.19. The largest absolute Gasteiger partial charge is 0.497 e. The van der Waals surface area contributed by atoms with Crippen molar-refractivity contribution in [2.75, 3.05) is 13.7 Å². The number of carbonyl (C=O) groups is 2. The Bertz CT molecular complexity index is 900. The van der Waals surface area contributed by atoms with Crippen LogP contribution in [0.25, 0.3) is 21.7 Å². The van der Waals surface area contributed by atoms with Gasteiger partial charge in [0, 0.05) is 11.9 Å². The van der Waals surface area contributed by atoms with Gasteiger partial charge in [-0.25, -0.2) is 0 Å². The van der Waals surface area contributed by atoms with Crippen LogP contribution in [0.2, 0.25) is 0 Å². The number of hydrogen-bond acceptors (Lipinski definition) is 5. The normalized spacial score (nSPS) is 10.8. The van der Waals surface area contributed by atoms with Crippen LogP contribution in [0.4, 0.5) is 0 Å². The molecular formula is C16H14N2O5. The molecule has 2 aromatic carbocycles. The van der Waals surface area contributed by atoms with Crippen molar-refractivity contribution in [3.8, 4) is 5.75 Å². The lowest BCUT2D eigenvalue weighted by Gasteiger charge is -2.03. The van der Waals surface area contributed by atoms with E-state index in [1.807, 2.05) is 18.2 Å². The first-order chi connectivity index (χ1) is 11.1. The van der Waals surface area contributed by atoms with Crippen LogP contribution in [0, 0.1) is 0 Å². The topological polar surface area (TPSA) is 102 Å². The second kappa shape index (κ2) is 5.96. The average molecular weight is 314 g/mol. The summed E-state index contributed by atoms with van der Waals surface area (Å²) in [6, 6.07) is 9.11. The minimum Gasteiger partial charge on any atom is -0.497 e. The van der Waals surface area contributed by atoms with Gasteiger partial charge in [-0.15, -0.1) is 0 Å². The van der Waals surface area contributed by atoms with E-state index in [1.165, 1.54) is 0 Å². The van der Waals surface area contributed by atoms with Gasteiger partial charge in [-0.1, -0.05) is 11.2 Å². The number of carboxylic acid groups (broad SMARTS) is 1. The van der Waals surface area contributed by atoms with Crippen LogP contribution in [-0.4, -0.2) is 35.8 Å². The number of methoxy groups -OCH3 is 1. The highest BCUT2D eigenvalue weighted by Crippen LogP contribution is 2.30. The van der Waals surface area contributed by atoms with E-state index in [4.69, 9.17) is 14.4 Å². The number of amides is 1. The van der Waals surface area contributed by atoms with Gasteiger partial charge < -0.3 is 19.7 Å². The van der Waals surface area contributed by atoms with E-state index in [2.05, 4.69) is 10.5 Å². The molecule has 0 unspecified atom stereocenters. The lowest BCUT2D eigenvalue weighted by Crippen LogP contribution is -2.26. The summed E-state index contributed by atoms with van der Waals surface area (Å²) >= 11 is 0. The molecule has 118 valence electrons. The molecule has 1 heterocycles. The van der Waals surface area contributed by atoms with Crippen molar-refractivity contribution < 1.29 is 24.0 Å². The van der Waals surface area contributed by atoms with Gasteiger partial charge in [0.15, 0.2) is 11.3 Å². The first kappa shape index (κ1) is 14.8. The van der Waals surface area contributed by atoms with Crippen LogP contribution in [-0.2, 0) is 4.79 Å². The maximum Gasteiger partial charge on any atom is 0.305 e. The summed E-state index contributed by atoms with van der Waals surface area (Å²) in [5.41, 5.74) is 0.650. The number of aromatic nitrogens is 1. The van der Waals surface area contributed by atoms with E-state index >= 15 is 0 Å². The zero-order chi connectivity index (χ0) is 16.4. The minimum atomic E-state index is -0.977. The predicted molar refractivity (Wildman–Crippen MR) is 82.7 cm³/mol. The molecule has 0 bridgehead atoms. The molecule has 0 aliphatic rings. The van der Waals surface area contributed by atoms with Crippen LogP contribution < -0.4 is 10.1 Å². The minimum absolute atomic E-state index is 0.0350. The summed E-state index contributed by atoms with van der Waals surface area (Å²) < 4.78 is 10.5. The first-order valence-electron chi connectivity index (χ1n) is 6.96. The molecule has 7 nitrogen and oxygen atoms in total. The van der Waals surface area contributed by atoms with E-state index in [0.717, 1.165) is 16.5 Å². The van der Waals surface area contributed by atoms with Crippen molar-refractivity contribution in [2.24, 2.45) is 0 Å². The Hall–Kier alpha value is -3.09. The number of nitrogens with zero attached hydrogens (tertiary/aromatic N) is 1. The van der Waals surface area contributed by atoms with Gasteiger partial charge in [-0.05, 0) is 29.7 Å². The molecule has 0 radical (unpaired) electrons. The molecule has 3 aromatic rings. The fourth-order valence-electron chi connectivity index (χ4n) is 2.36. The maximum atomic E-state index is 12.1. The van der Waals surface area contributed by atoms with Gasteiger partial charge in [0.05, 0.1) is 18.9 Å². The van der Waals surface area contributed by atoms with E-state index in [1.54, 1.807) is 19.2 Å². The number of aliphatic carboxylic acids is 1. The fraction of sp³-hybridized carbons (Fsp3) is 0.188. The third kappa shape index (κ3) is 2.80. The third-order valence-electron chi connectivity index (χ3n) is 3.50. The van der Waals surface area contributed by atoms with E-state index < -0.39 is 11.9 Å². The molecule has 0 saturated carbocycles. The number of rotatable bonds is 5. The van der Waals surface area contributed by atoms with Crippen molar-refractivity contribution >= 4 is 33.6 Å². The van der Waals surface area contributed by atoms with Crippen LogP contribution in [0.1, 0.15) is 16.9 Å². The quantitative estimate of drug-likeness (QED) is 0.748. The smallest absolute Gasteiger partial charge is 0.305 e.